The zero-order chi connectivity index (χ0) is 24.1. The summed E-state index contributed by atoms with van der Waals surface area (Å²) in [6.07, 6.45) is 2.61. The van der Waals surface area contributed by atoms with Crippen LogP contribution in [0.15, 0.2) is 53.4 Å². The first-order valence-electron chi connectivity index (χ1n) is 12.3. The number of aryl methyl sites for hydroxylation is 1. The number of sulfonamides is 1. The Balaban J connectivity index is 1.45. The average molecular weight is 485 g/mol. The smallest absolute Gasteiger partial charge is 0.264 e. The molecule has 0 unspecified atom stereocenters. The molecule has 1 amide bonds. The highest BCUT2D eigenvalue weighted by Gasteiger charge is 2.28. The van der Waals surface area contributed by atoms with Gasteiger partial charge in [-0.15, -0.1) is 0 Å². The molecule has 0 N–H and O–H groups in total. The van der Waals surface area contributed by atoms with Crippen molar-refractivity contribution >= 4 is 21.6 Å². The summed E-state index contributed by atoms with van der Waals surface area (Å²) in [5, 5.41) is 0. The summed E-state index contributed by atoms with van der Waals surface area (Å²) in [5.41, 5.74) is 1.68. The zero-order valence-electron chi connectivity index (χ0n) is 20.3. The Kier molecular flexibility index (Phi) is 7.91. The topological polar surface area (TPSA) is 64.2 Å². The molecular formula is C26H36N4O3S. The number of amides is 1. The van der Waals surface area contributed by atoms with Crippen LogP contribution in [0.5, 0.6) is 0 Å². The van der Waals surface area contributed by atoms with Crippen LogP contribution in [0.3, 0.4) is 0 Å². The first kappa shape index (κ1) is 24.7. The first-order chi connectivity index (χ1) is 16.4. The maximum absolute atomic E-state index is 13.6. The Hall–Kier alpha value is -2.42. The highest BCUT2D eigenvalue weighted by atomic mass is 32.2. The third kappa shape index (κ3) is 5.45. The van der Waals surface area contributed by atoms with E-state index in [1.54, 1.807) is 37.3 Å². The van der Waals surface area contributed by atoms with E-state index in [2.05, 4.69) is 9.80 Å². The number of hydrogen-bond donors (Lipinski definition) is 0. The number of nitrogens with zero attached hydrogens (tertiary/aromatic N) is 4. The third-order valence-corrected chi connectivity index (χ3v) is 8.97. The molecule has 0 atom stereocenters. The lowest BCUT2D eigenvalue weighted by Gasteiger charge is -2.35. The summed E-state index contributed by atoms with van der Waals surface area (Å²) >= 11 is 0. The first-order valence-corrected chi connectivity index (χ1v) is 13.8. The van der Waals surface area contributed by atoms with Crippen molar-refractivity contribution in [3.05, 3.63) is 59.7 Å². The monoisotopic (exact) mass is 484 g/mol. The van der Waals surface area contributed by atoms with Gasteiger partial charge in [-0.05, 0) is 69.6 Å². The van der Waals surface area contributed by atoms with Crippen molar-refractivity contribution in [1.82, 2.24) is 14.7 Å². The SMILES string of the molecule is CCN(c1ccccc1)S(=O)(=O)c1cc(C(=O)N2CCN(CCN3CCCC3)CC2)ccc1C. The van der Waals surface area contributed by atoms with Crippen LogP contribution >= 0.6 is 0 Å². The number of piperazine rings is 1. The van der Waals surface area contributed by atoms with E-state index in [1.807, 2.05) is 30.0 Å². The van der Waals surface area contributed by atoms with E-state index in [1.165, 1.54) is 30.2 Å². The minimum Gasteiger partial charge on any atom is -0.336 e. The largest absolute Gasteiger partial charge is 0.336 e. The minimum absolute atomic E-state index is 0.0987. The molecular weight excluding hydrogens is 448 g/mol. The second-order valence-electron chi connectivity index (χ2n) is 9.17. The number of anilines is 1. The fourth-order valence-electron chi connectivity index (χ4n) is 4.86. The minimum atomic E-state index is -3.80. The van der Waals surface area contributed by atoms with Gasteiger partial charge in [0.1, 0.15) is 0 Å². The zero-order valence-corrected chi connectivity index (χ0v) is 21.1. The maximum Gasteiger partial charge on any atom is 0.264 e. The molecule has 0 aromatic heterocycles. The standard InChI is InChI=1S/C26H36N4O3S/c1-3-30(24-9-5-4-6-10-24)34(32,33)25-21-23(12-11-22(25)2)26(31)29-19-17-28(18-20-29)16-15-27-13-7-8-14-27/h4-6,9-12,21H,3,7-8,13-20H2,1-2H3. The number of likely N-dealkylation sites (tertiary alicyclic amines) is 1. The lowest BCUT2D eigenvalue weighted by molar-refractivity contribution is 0.0626. The molecule has 2 fully saturated rings. The highest BCUT2D eigenvalue weighted by molar-refractivity contribution is 7.92. The molecule has 0 saturated carbocycles. The van der Waals surface area contributed by atoms with Gasteiger partial charge in [-0.2, -0.15) is 0 Å². The van der Waals surface area contributed by atoms with Crippen LogP contribution in [0, 0.1) is 6.92 Å². The van der Waals surface area contributed by atoms with Gasteiger partial charge >= 0.3 is 0 Å². The van der Waals surface area contributed by atoms with Gasteiger partial charge < -0.3 is 9.80 Å². The number of para-hydroxylation sites is 1. The average Bonchev–Trinajstić information content (AvgIpc) is 3.37. The van der Waals surface area contributed by atoms with Gasteiger partial charge in [0.25, 0.3) is 15.9 Å². The molecule has 0 aliphatic carbocycles. The molecule has 4 rings (SSSR count). The molecule has 2 aliphatic heterocycles. The van der Waals surface area contributed by atoms with E-state index in [4.69, 9.17) is 0 Å². The summed E-state index contributed by atoms with van der Waals surface area (Å²) in [6.45, 7) is 11.5. The number of carbonyl (C=O) groups is 1. The molecule has 0 bridgehead atoms. The van der Waals surface area contributed by atoms with E-state index in [9.17, 15) is 13.2 Å². The second-order valence-corrected chi connectivity index (χ2v) is 11.0. The van der Waals surface area contributed by atoms with Crippen molar-refractivity contribution in [2.24, 2.45) is 0 Å². The second kappa shape index (κ2) is 10.9. The van der Waals surface area contributed by atoms with Crippen molar-refractivity contribution in [3.8, 4) is 0 Å². The van der Waals surface area contributed by atoms with Gasteiger partial charge in [0.05, 0.1) is 10.6 Å². The number of rotatable bonds is 8. The Morgan fingerprint density at radius 1 is 0.882 bits per heavy atom. The molecule has 8 heteroatoms. The predicted octanol–water partition coefficient (Wildman–Crippen LogP) is 3.06. The van der Waals surface area contributed by atoms with Crippen molar-refractivity contribution in [2.75, 3.05) is 63.2 Å². The van der Waals surface area contributed by atoms with Crippen LogP contribution in [0.4, 0.5) is 5.69 Å². The summed E-state index contributed by atoms with van der Waals surface area (Å²) < 4.78 is 28.5. The summed E-state index contributed by atoms with van der Waals surface area (Å²) in [7, 11) is -3.80. The van der Waals surface area contributed by atoms with Gasteiger partial charge in [-0.3, -0.25) is 14.0 Å². The number of benzene rings is 2. The lowest BCUT2D eigenvalue weighted by Crippen LogP contribution is -2.50. The Morgan fingerprint density at radius 3 is 2.12 bits per heavy atom. The Morgan fingerprint density at radius 2 is 1.50 bits per heavy atom. The van der Waals surface area contributed by atoms with Gasteiger partial charge in [0, 0.05) is 51.4 Å². The lowest BCUT2D eigenvalue weighted by atomic mass is 10.1. The Labute approximate surface area is 204 Å². The molecule has 2 aliphatic rings. The predicted molar refractivity (Wildman–Crippen MR) is 136 cm³/mol. The molecule has 2 saturated heterocycles. The number of hydrogen-bond acceptors (Lipinski definition) is 5. The van der Waals surface area contributed by atoms with Crippen LogP contribution in [0.25, 0.3) is 0 Å². The Bertz CT molecular complexity index is 1080. The van der Waals surface area contributed by atoms with Crippen LogP contribution in [-0.4, -0.2) is 87.9 Å². The van der Waals surface area contributed by atoms with E-state index < -0.39 is 10.0 Å². The van der Waals surface area contributed by atoms with Crippen molar-refractivity contribution in [3.63, 3.8) is 0 Å². The fourth-order valence-corrected chi connectivity index (χ4v) is 6.59. The van der Waals surface area contributed by atoms with Crippen LogP contribution in [-0.2, 0) is 10.0 Å². The van der Waals surface area contributed by atoms with Crippen molar-refractivity contribution in [1.29, 1.82) is 0 Å². The van der Waals surface area contributed by atoms with Crippen molar-refractivity contribution in [2.45, 2.75) is 31.6 Å². The summed E-state index contributed by atoms with van der Waals surface area (Å²) in [6, 6.07) is 14.1. The quantitative estimate of drug-likeness (QED) is 0.576. The summed E-state index contributed by atoms with van der Waals surface area (Å²) in [5.74, 6) is -0.0987. The van der Waals surface area contributed by atoms with Gasteiger partial charge in [0.15, 0.2) is 0 Å². The molecule has 2 heterocycles. The fraction of sp³-hybridized carbons (Fsp3) is 0.500. The van der Waals surface area contributed by atoms with Gasteiger partial charge in [-0.1, -0.05) is 24.3 Å². The van der Waals surface area contributed by atoms with Gasteiger partial charge in [0.2, 0.25) is 0 Å². The maximum atomic E-state index is 13.6. The van der Waals surface area contributed by atoms with Gasteiger partial charge in [-0.25, -0.2) is 8.42 Å². The molecule has 34 heavy (non-hydrogen) atoms. The van der Waals surface area contributed by atoms with E-state index in [0.29, 0.717) is 36.4 Å². The van der Waals surface area contributed by atoms with Crippen LogP contribution < -0.4 is 4.31 Å². The molecule has 0 spiro atoms. The van der Waals surface area contributed by atoms with Crippen LogP contribution in [0.2, 0.25) is 0 Å². The van der Waals surface area contributed by atoms with Crippen LogP contribution in [0.1, 0.15) is 35.7 Å². The van der Waals surface area contributed by atoms with E-state index >= 15 is 0 Å². The third-order valence-electron chi connectivity index (χ3n) is 6.93. The number of carbonyl (C=O) groups excluding carboxylic acids is 1. The highest BCUT2D eigenvalue weighted by Crippen LogP contribution is 2.27. The van der Waals surface area contributed by atoms with Crippen molar-refractivity contribution < 1.29 is 13.2 Å². The molecule has 184 valence electrons. The van der Waals surface area contributed by atoms with E-state index in [-0.39, 0.29) is 10.8 Å². The molecule has 7 nitrogen and oxygen atoms in total. The molecule has 2 aromatic carbocycles. The normalized spacial score (nSPS) is 17.8. The molecule has 2 aromatic rings. The molecule has 0 radical (unpaired) electrons. The van der Waals surface area contributed by atoms with E-state index in [0.717, 1.165) is 26.2 Å². The summed E-state index contributed by atoms with van der Waals surface area (Å²) in [4.78, 5) is 20.2.